The highest BCUT2D eigenvalue weighted by molar-refractivity contribution is 5.97. The summed E-state index contributed by atoms with van der Waals surface area (Å²) in [7, 11) is 0. The molecule has 4 nitrogen and oxygen atoms in total. The van der Waals surface area contributed by atoms with Crippen molar-refractivity contribution < 1.29 is 9.53 Å². The Hall–Kier alpha value is -1.55. The molecule has 0 aliphatic carbocycles. The molecule has 128 valence electrons. The van der Waals surface area contributed by atoms with E-state index in [1.807, 2.05) is 23.1 Å². The third-order valence-corrected chi connectivity index (χ3v) is 5.17. The topological polar surface area (TPSA) is 55.6 Å². The Kier molecular flexibility index (Phi) is 6.46. The van der Waals surface area contributed by atoms with Crippen molar-refractivity contribution in [1.29, 1.82) is 0 Å². The summed E-state index contributed by atoms with van der Waals surface area (Å²) in [4.78, 5) is 14.2. The van der Waals surface area contributed by atoms with Crippen LogP contribution in [-0.4, -0.2) is 19.1 Å². The van der Waals surface area contributed by atoms with Crippen molar-refractivity contribution in [2.45, 2.75) is 53.0 Å². The van der Waals surface area contributed by atoms with Crippen LogP contribution in [0, 0.1) is 11.8 Å². The minimum atomic E-state index is 0.0473. The lowest BCUT2D eigenvalue weighted by Crippen LogP contribution is -2.40. The van der Waals surface area contributed by atoms with Crippen molar-refractivity contribution in [3.8, 4) is 5.75 Å². The van der Waals surface area contributed by atoms with Crippen LogP contribution in [0.3, 0.4) is 0 Å². The van der Waals surface area contributed by atoms with Crippen LogP contribution < -0.4 is 15.4 Å². The Balaban J connectivity index is 2.14. The smallest absolute Gasteiger partial charge is 0.265 e. The first-order valence-electron chi connectivity index (χ1n) is 8.90. The van der Waals surface area contributed by atoms with Gasteiger partial charge in [-0.1, -0.05) is 46.1 Å². The lowest BCUT2D eigenvalue weighted by atomic mass is 9.83. The van der Waals surface area contributed by atoms with Crippen LogP contribution in [-0.2, 0) is 11.3 Å². The average Bonchev–Trinajstić information content (AvgIpc) is 2.59. The molecule has 1 unspecified atom stereocenters. The number of carbonyl (C=O) groups is 1. The summed E-state index contributed by atoms with van der Waals surface area (Å²) >= 11 is 0. The molecule has 23 heavy (non-hydrogen) atoms. The molecule has 0 spiro atoms. The summed E-state index contributed by atoms with van der Waals surface area (Å²) in [6.45, 7) is 8.15. The minimum absolute atomic E-state index is 0.0473. The maximum absolute atomic E-state index is 12.3. The molecule has 0 aromatic heterocycles. The second-order valence-corrected chi connectivity index (χ2v) is 6.37. The minimum Gasteiger partial charge on any atom is -0.482 e. The van der Waals surface area contributed by atoms with Crippen LogP contribution in [0.1, 0.15) is 52.0 Å². The highest BCUT2D eigenvalue weighted by atomic mass is 16.5. The van der Waals surface area contributed by atoms with Gasteiger partial charge in [0.25, 0.3) is 5.91 Å². The zero-order valence-corrected chi connectivity index (χ0v) is 14.7. The van der Waals surface area contributed by atoms with E-state index in [4.69, 9.17) is 10.5 Å². The molecule has 1 aromatic carbocycles. The number of fused-ring (bicyclic) bond motifs is 1. The van der Waals surface area contributed by atoms with Crippen molar-refractivity contribution >= 4 is 11.6 Å². The molecule has 0 saturated carbocycles. The molecule has 1 aliphatic rings. The fourth-order valence-electron chi connectivity index (χ4n) is 3.64. The van der Waals surface area contributed by atoms with Crippen LogP contribution in [0.25, 0.3) is 0 Å². The van der Waals surface area contributed by atoms with Gasteiger partial charge in [0.2, 0.25) is 0 Å². The fourth-order valence-corrected chi connectivity index (χ4v) is 3.64. The normalized spacial score (nSPS) is 15.5. The van der Waals surface area contributed by atoms with Gasteiger partial charge in [-0.15, -0.1) is 0 Å². The number of ether oxygens (including phenoxy) is 1. The van der Waals surface area contributed by atoms with Gasteiger partial charge in [0.15, 0.2) is 6.61 Å². The number of hydrogen-bond donors (Lipinski definition) is 1. The van der Waals surface area contributed by atoms with Crippen LogP contribution >= 0.6 is 0 Å². The second-order valence-electron chi connectivity index (χ2n) is 6.37. The van der Waals surface area contributed by atoms with E-state index in [9.17, 15) is 4.79 Å². The lowest BCUT2D eigenvalue weighted by molar-refractivity contribution is -0.121. The molecule has 0 saturated heterocycles. The van der Waals surface area contributed by atoms with Gasteiger partial charge < -0.3 is 15.4 Å². The monoisotopic (exact) mass is 318 g/mol. The van der Waals surface area contributed by atoms with E-state index in [1.54, 1.807) is 0 Å². The molecule has 0 radical (unpaired) electrons. The first-order chi connectivity index (χ1) is 11.1. The van der Waals surface area contributed by atoms with Crippen molar-refractivity contribution in [3.63, 3.8) is 0 Å². The van der Waals surface area contributed by atoms with E-state index in [0.29, 0.717) is 12.5 Å². The Morgan fingerprint density at radius 3 is 2.48 bits per heavy atom. The Morgan fingerprint density at radius 1 is 1.17 bits per heavy atom. The van der Waals surface area contributed by atoms with Crippen LogP contribution in [0.15, 0.2) is 18.2 Å². The molecule has 0 fully saturated rings. The summed E-state index contributed by atoms with van der Waals surface area (Å²) in [6, 6.07) is 5.88. The molecule has 1 atom stereocenters. The first kappa shape index (κ1) is 17.8. The van der Waals surface area contributed by atoms with Crippen LogP contribution in [0.2, 0.25) is 0 Å². The van der Waals surface area contributed by atoms with Gasteiger partial charge in [0, 0.05) is 13.1 Å². The van der Waals surface area contributed by atoms with Crippen molar-refractivity contribution in [3.05, 3.63) is 23.8 Å². The number of benzene rings is 1. The Bertz CT molecular complexity index is 526. The second kappa shape index (κ2) is 8.34. The third-order valence-electron chi connectivity index (χ3n) is 5.17. The molecule has 2 N–H and O–H groups in total. The van der Waals surface area contributed by atoms with Gasteiger partial charge in [-0.25, -0.2) is 0 Å². The van der Waals surface area contributed by atoms with E-state index in [0.717, 1.165) is 35.9 Å². The van der Waals surface area contributed by atoms with E-state index in [2.05, 4.69) is 20.8 Å². The van der Waals surface area contributed by atoms with Crippen molar-refractivity contribution in [2.75, 3.05) is 18.1 Å². The number of hydrogen-bond acceptors (Lipinski definition) is 3. The summed E-state index contributed by atoms with van der Waals surface area (Å²) in [5, 5.41) is 0. The average molecular weight is 318 g/mol. The standard InChI is InChI=1S/C19H30N2O2/c1-4-15(5-2)16(6-3)9-10-21-17-11-14(12-20)7-8-18(17)23-13-19(21)22/h7-8,11,15-16H,4-6,9-10,12-13,20H2,1-3H3. The van der Waals surface area contributed by atoms with E-state index in [-0.39, 0.29) is 12.5 Å². The highest BCUT2D eigenvalue weighted by Crippen LogP contribution is 2.34. The number of rotatable bonds is 8. The number of nitrogens with two attached hydrogens (primary N) is 1. The number of nitrogens with zero attached hydrogens (tertiary/aromatic N) is 1. The SMILES string of the molecule is CCC(CC)C(CC)CCN1C(=O)COc2ccc(CN)cc21. The van der Waals surface area contributed by atoms with Gasteiger partial charge in [-0.3, -0.25) is 4.79 Å². The van der Waals surface area contributed by atoms with Gasteiger partial charge in [0.05, 0.1) is 5.69 Å². The molecule has 4 heteroatoms. The molecule has 1 aromatic rings. The van der Waals surface area contributed by atoms with Crippen molar-refractivity contribution in [1.82, 2.24) is 0 Å². The maximum Gasteiger partial charge on any atom is 0.265 e. The zero-order chi connectivity index (χ0) is 16.8. The highest BCUT2D eigenvalue weighted by Gasteiger charge is 2.27. The third kappa shape index (κ3) is 4.05. The summed E-state index contributed by atoms with van der Waals surface area (Å²) in [6.07, 6.45) is 4.63. The number of amides is 1. The van der Waals surface area contributed by atoms with Gasteiger partial charge in [-0.2, -0.15) is 0 Å². The first-order valence-corrected chi connectivity index (χ1v) is 8.90. The summed E-state index contributed by atoms with van der Waals surface area (Å²) in [5.74, 6) is 2.25. The van der Waals surface area contributed by atoms with Gasteiger partial charge in [-0.05, 0) is 36.0 Å². The van der Waals surface area contributed by atoms with Crippen molar-refractivity contribution in [2.24, 2.45) is 17.6 Å². The predicted octanol–water partition coefficient (Wildman–Crippen LogP) is 3.72. The van der Waals surface area contributed by atoms with E-state index >= 15 is 0 Å². The predicted molar refractivity (Wildman–Crippen MR) is 94.7 cm³/mol. The van der Waals surface area contributed by atoms with Crippen LogP contribution in [0.5, 0.6) is 5.75 Å². The van der Waals surface area contributed by atoms with E-state index in [1.165, 1.54) is 19.3 Å². The molecular weight excluding hydrogens is 288 g/mol. The number of anilines is 1. The van der Waals surface area contributed by atoms with Gasteiger partial charge in [0.1, 0.15) is 5.75 Å². The quantitative estimate of drug-likeness (QED) is 0.794. The molecule has 0 bridgehead atoms. The van der Waals surface area contributed by atoms with Crippen LogP contribution in [0.4, 0.5) is 5.69 Å². The summed E-state index contributed by atoms with van der Waals surface area (Å²) in [5.41, 5.74) is 7.64. The van der Waals surface area contributed by atoms with E-state index < -0.39 is 0 Å². The summed E-state index contributed by atoms with van der Waals surface area (Å²) < 4.78 is 5.56. The maximum atomic E-state index is 12.3. The fraction of sp³-hybridized carbons (Fsp3) is 0.632. The van der Waals surface area contributed by atoms with Gasteiger partial charge >= 0.3 is 0 Å². The molecular formula is C19H30N2O2. The number of carbonyl (C=O) groups excluding carboxylic acids is 1. The Morgan fingerprint density at radius 2 is 1.87 bits per heavy atom. The molecule has 1 heterocycles. The Labute approximate surface area is 140 Å². The molecule has 2 rings (SSSR count). The lowest BCUT2D eigenvalue weighted by Gasteiger charge is -2.32. The molecule has 1 aliphatic heterocycles. The largest absolute Gasteiger partial charge is 0.482 e. The molecule has 1 amide bonds. The zero-order valence-electron chi connectivity index (χ0n) is 14.7.